The molecule has 2 N–H and O–H groups in total. The van der Waals surface area contributed by atoms with Crippen LogP contribution in [0.3, 0.4) is 0 Å². The zero-order chi connectivity index (χ0) is 14.5. The summed E-state index contributed by atoms with van der Waals surface area (Å²) < 4.78 is 5.32. The smallest absolute Gasteiger partial charge is 0.237 e. The van der Waals surface area contributed by atoms with Crippen LogP contribution in [0.15, 0.2) is 24.3 Å². The molecule has 2 heterocycles. The lowest BCUT2D eigenvalue weighted by atomic mass is 9.95. The Balaban J connectivity index is 0.00000132. The van der Waals surface area contributed by atoms with Crippen LogP contribution in [0.25, 0.3) is 0 Å². The first-order chi connectivity index (χ1) is 10.3. The molecule has 23 heavy (non-hydrogen) atoms. The number of nitrogens with zero attached hydrogens (tertiary/aromatic N) is 1. The van der Waals surface area contributed by atoms with Crippen molar-refractivity contribution in [2.45, 2.75) is 19.0 Å². The van der Waals surface area contributed by atoms with Gasteiger partial charge in [-0.25, -0.2) is 0 Å². The highest BCUT2D eigenvalue weighted by Gasteiger charge is 2.23. The van der Waals surface area contributed by atoms with Gasteiger partial charge in [-0.15, -0.1) is 24.8 Å². The van der Waals surface area contributed by atoms with Gasteiger partial charge in [0.25, 0.3) is 0 Å². The van der Waals surface area contributed by atoms with Crippen LogP contribution in [-0.4, -0.2) is 56.2 Å². The second-order valence-electron chi connectivity index (χ2n) is 5.65. The Bertz CT molecular complexity index is 496. The Morgan fingerprint density at radius 3 is 2.65 bits per heavy atom. The fraction of sp³-hybridized carbons (Fsp3) is 0.562. The van der Waals surface area contributed by atoms with E-state index >= 15 is 0 Å². The van der Waals surface area contributed by atoms with Gasteiger partial charge in [-0.2, -0.15) is 0 Å². The van der Waals surface area contributed by atoms with Gasteiger partial charge in [-0.05, 0) is 17.5 Å². The van der Waals surface area contributed by atoms with E-state index in [0.29, 0.717) is 6.54 Å². The van der Waals surface area contributed by atoms with E-state index in [1.807, 2.05) is 12.1 Å². The molecule has 0 aliphatic carbocycles. The van der Waals surface area contributed by atoms with Gasteiger partial charge < -0.3 is 15.4 Å². The number of ether oxygens (including phenoxy) is 1. The third kappa shape index (κ3) is 5.62. The molecule has 1 saturated heterocycles. The number of morpholine rings is 1. The molecule has 1 fully saturated rings. The molecule has 0 radical (unpaired) electrons. The third-order valence-electron chi connectivity index (χ3n) is 4.23. The maximum Gasteiger partial charge on any atom is 0.237 e. The van der Waals surface area contributed by atoms with E-state index < -0.39 is 0 Å². The van der Waals surface area contributed by atoms with Gasteiger partial charge in [0.1, 0.15) is 0 Å². The van der Waals surface area contributed by atoms with Gasteiger partial charge in [0.2, 0.25) is 5.91 Å². The fourth-order valence-electron chi connectivity index (χ4n) is 2.92. The molecule has 1 unspecified atom stereocenters. The van der Waals surface area contributed by atoms with E-state index in [-0.39, 0.29) is 36.8 Å². The summed E-state index contributed by atoms with van der Waals surface area (Å²) in [5, 5.41) is 6.36. The molecule has 0 saturated carbocycles. The maximum absolute atomic E-state index is 12.2. The van der Waals surface area contributed by atoms with E-state index in [1.165, 1.54) is 11.1 Å². The summed E-state index contributed by atoms with van der Waals surface area (Å²) in [6, 6.07) is 8.21. The van der Waals surface area contributed by atoms with Crippen molar-refractivity contribution in [1.82, 2.24) is 15.5 Å². The number of halogens is 2. The predicted molar refractivity (Wildman–Crippen MR) is 95.5 cm³/mol. The highest BCUT2D eigenvalue weighted by molar-refractivity contribution is 5.85. The molecule has 0 bridgehead atoms. The van der Waals surface area contributed by atoms with Crippen LogP contribution >= 0.6 is 24.8 Å². The Labute approximate surface area is 150 Å². The third-order valence-corrected chi connectivity index (χ3v) is 4.23. The summed E-state index contributed by atoms with van der Waals surface area (Å²) in [6.45, 7) is 5.91. The Morgan fingerprint density at radius 2 is 1.91 bits per heavy atom. The highest BCUT2D eigenvalue weighted by atomic mass is 35.5. The van der Waals surface area contributed by atoms with E-state index in [9.17, 15) is 4.79 Å². The van der Waals surface area contributed by atoms with Crippen molar-refractivity contribution in [3.8, 4) is 0 Å². The average Bonchev–Trinajstić information content (AvgIpc) is 2.55. The van der Waals surface area contributed by atoms with Crippen LogP contribution in [0.4, 0.5) is 0 Å². The molecular formula is C16H25Cl2N3O2. The van der Waals surface area contributed by atoms with Crippen LogP contribution < -0.4 is 10.6 Å². The summed E-state index contributed by atoms with van der Waals surface area (Å²) in [5.41, 5.74) is 2.58. The zero-order valence-corrected chi connectivity index (χ0v) is 14.8. The molecule has 1 aromatic rings. The van der Waals surface area contributed by atoms with Crippen molar-refractivity contribution in [3.63, 3.8) is 0 Å². The lowest BCUT2D eigenvalue weighted by molar-refractivity contribution is -0.123. The van der Waals surface area contributed by atoms with Crippen molar-refractivity contribution in [1.29, 1.82) is 0 Å². The van der Waals surface area contributed by atoms with Crippen molar-refractivity contribution in [3.05, 3.63) is 35.4 Å². The topological polar surface area (TPSA) is 53.6 Å². The zero-order valence-electron chi connectivity index (χ0n) is 13.1. The monoisotopic (exact) mass is 361 g/mol. The molecule has 0 aromatic heterocycles. The summed E-state index contributed by atoms with van der Waals surface area (Å²) in [5.74, 6) is 0.109. The van der Waals surface area contributed by atoms with Gasteiger partial charge in [0.15, 0.2) is 0 Å². The molecule has 0 spiro atoms. The Hall–Kier alpha value is -0.850. The molecule has 3 rings (SSSR count). The van der Waals surface area contributed by atoms with E-state index in [0.717, 1.165) is 45.8 Å². The van der Waals surface area contributed by atoms with Gasteiger partial charge >= 0.3 is 0 Å². The molecule has 1 amide bonds. The second-order valence-corrected chi connectivity index (χ2v) is 5.65. The van der Waals surface area contributed by atoms with Crippen molar-refractivity contribution >= 4 is 30.7 Å². The highest BCUT2D eigenvalue weighted by Crippen LogP contribution is 2.16. The van der Waals surface area contributed by atoms with Crippen molar-refractivity contribution in [2.24, 2.45) is 0 Å². The van der Waals surface area contributed by atoms with Crippen LogP contribution in [-0.2, 0) is 22.5 Å². The molecule has 1 atom stereocenters. The summed E-state index contributed by atoms with van der Waals surface area (Å²) in [6.07, 6.45) is 0.777. The largest absolute Gasteiger partial charge is 0.379 e. The fourth-order valence-corrected chi connectivity index (χ4v) is 2.92. The first kappa shape index (κ1) is 20.2. The quantitative estimate of drug-likeness (QED) is 0.839. The second kappa shape index (κ2) is 10.1. The van der Waals surface area contributed by atoms with Crippen molar-refractivity contribution < 1.29 is 9.53 Å². The number of benzene rings is 1. The van der Waals surface area contributed by atoms with E-state index in [1.54, 1.807) is 0 Å². The number of amides is 1. The SMILES string of the molecule is Cl.Cl.O=C(NCCN1CCOCC1)C1Cc2ccccc2CN1. The van der Waals surface area contributed by atoms with Crippen LogP contribution in [0.5, 0.6) is 0 Å². The van der Waals surface area contributed by atoms with Gasteiger partial charge in [0.05, 0.1) is 19.3 Å². The molecule has 7 heteroatoms. The number of hydrogen-bond acceptors (Lipinski definition) is 4. The van der Waals surface area contributed by atoms with E-state index in [4.69, 9.17) is 4.74 Å². The lowest BCUT2D eigenvalue weighted by Crippen LogP contribution is -2.49. The number of hydrogen-bond donors (Lipinski definition) is 2. The first-order valence-electron chi connectivity index (χ1n) is 7.71. The number of nitrogens with one attached hydrogen (secondary N) is 2. The standard InChI is InChI=1S/C16H23N3O2.2ClH/c20-16(17-5-6-19-7-9-21-10-8-19)15-11-13-3-1-2-4-14(13)12-18-15;;/h1-4,15,18H,5-12H2,(H,17,20);2*1H. The van der Waals surface area contributed by atoms with Gasteiger partial charge in [-0.1, -0.05) is 24.3 Å². The van der Waals surface area contributed by atoms with E-state index in [2.05, 4.69) is 27.7 Å². The number of carbonyl (C=O) groups is 1. The number of fused-ring (bicyclic) bond motifs is 1. The maximum atomic E-state index is 12.2. The molecule has 130 valence electrons. The minimum absolute atomic E-state index is 0. The summed E-state index contributed by atoms with van der Waals surface area (Å²) in [7, 11) is 0. The minimum Gasteiger partial charge on any atom is -0.379 e. The van der Waals surface area contributed by atoms with Crippen LogP contribution in [0, 0.1) is 0 Å². The van der Waals surface area contributed by atoms with Gasteiger partial charge in [-0.3, -0.25) is 9.69 Å². The molecular weight excluding hydrogens is 337 g/mol. The first-order valence-corrected chi connectivity index (χ1v) is 7.71. The predicted octanol–water partition coefficient (Wildman–Crippen LogP) is 0.993. The Kier molecular flexibility index (Phi) is 8.87. The number of carbonyl (C=O) groups excluding carboxylic acids is 1. The average molecular weight is 362 g/mol. The normalized spacial score (nSPS) is 20.6. The molecule has 5 nitrogen and oxygen atoms in total. The summed E-state index contributed by atoms with van der Waals surface area (Å²) in [4.78, 5) is 14.6. The Morgan fingerprint density at radius 1 is 1.22 bits per heavy atom. The lowest BCUT2D eigenvalue weighted by Gasteiger charge is -2.28. The summed E-state index contributed by atoms with van der Waals surface area (Å²) >= 11 is 0. The van der Waals surface area contributed by atoms with Crippen LogP contribution in [0.2, 0.25) is 0 Å². The minimum atomic E-state index is -0.107. The van der Waals surface area contributed by atoms with Crippen molar-refractivity contribution in [2.75, 3.05) is 39.4 Å². The molecule has 2 aliphatic heterocycles. The van der Waals surface area contributed by atoms with Gasteiger partial charge in [0, 0.05) is 32.7 Å². The molecule has 2 aliphatic rings. The number of rotatable bonds is 4. The molecule has 1 aromatic carbocycles. The van der Waals surface area contributed by atoms with Crippen LogP contribution in [0.1, 0.15) is 11.1 Å².